The van der Waals surface area contributed by atoms with Crippen molar-refractivity contribution in [2.24, 2.45) is 0 Å². The predicted octanol–water partition coefficient (Wildman–Crippen LogP) is 2.92. The number of halogens is 1. The molecule has 2 aromatic rings. The van der Waals surface area contributed by atoms with Crippen LogP contribution in [0, 0.1) is 19.7 Å². The quantitative estimate of drug-likeness (QED) is 0.485. The van der Waals surface area contributed by atoms with E-state index in [1.165, 1.54) is 13.0 Å². The lowest BCUT2D eigenvalue weighted by Gasteiger charge is -2.36. The molecule has 0 bridgehead atoms. The summed E-state index contributed by atoms with van der Waals surface area (Å²) >= 11 is 0. The van der Waals surface area contributed by atoms with Gasteiger partial charge in [0.1, 0.15) is 11.6 Å². The van der Waals surface area contributed by atoms with E-state index in [4.69, 9.17) is 9.47 Å². The Morgan fingerprint density at radius 1 is 0.969 bits per heavy atom. The first-order valence-electron chi connectivity index (χ1n) is 10.4. The summed E-state index contributed by atoms with van der Waals surface area (Å²) in [5.41, 5.74) is 2.55. The highest BCUT2D eigenvalue weighted by atomic mass is 19.1. The van der Waals surface area contributed by atoms with Gasteiger partial charge in [-0.05, 0) is 50.1 Å². The highest BCUT2D eigenvalue weighted by molar-refractivity contribution is 5.94. The smallest absolute Gasteiger partial charge is 0.344 e. The number of carbonyl (C=O) groups is 3. The minimum atomic E-state index is -0.618. The fourth-order valence-electron chi connectivity index (χ4n) is 3.61. The number of rotatable bonds is 7. The van der Waals surface area contributed by atoms with Gasteiger partial charge in [0.15, 0.2) is 19.0 Å². The van der Waals surface area contributed by atoms with E-state index in [0.29, 0.717) is 43.2 Å². The van der Waals surface area contributed by atoms with Crippen molar-refractivity contribution in [2.45, 2.75) is 20.8 Å². The molecule has 3 rings (SSSR count). The minimum Gasteiger partial charge on any atom is -0.481 e. The molecule has 32 heavy (non-hydrogen) atoms. The van der Waals surface area contributed by atoms with Gasteiger partial charge in [-0.25, -0.2) is 9.18 Å². The number of hydrogen-bond acceptors (Lipinski definition) is 6. The number of ether oxygens (including phenoxy) is 2. The number of piperazine rings is 1. The number of aryl methyl sites for hydroxylation is 2. The minimum absolute atomic E-state index is 0.195. The van der Waals surface area contributed by atoms with E-state index >= 15 is 0 Å². The third-order valence-electron chi connectivity index (χ3n) is 5.43. The summed E-state index contributed by atoms with van der Waals surface area (Å²) in [5, 5.41) is 0. The summed E-state index contributed by atoms with van der Waals surface area (Å²) in [6, 6.07) is 10.1. The molecule has 0 radical (unpaired) electrons. The largest absolute Gasteiger partial charge is 0.481 e. The first kappa shape index (κ1) is 23.2. The van der Waals surface area contributed by atoms with E-state index in [2.05, 4.69) is 0 Å². The summed E-state index contributed by atoms with van der Waals surface area (Å²) in [7, 11) is 0. The Bertz CT molecular complexity index is 995. The van der Waals surface area contributed by atoms with Gasteiger partial charge in [-0.3, -0.25) is 9.59 Å². The summed E-state index contributed by atoms with van der Waals surface area (Å²) in [6.45, 7) is 6.16. The number of ketones is 1. The highest BCUT2D eigenvalue weighted by Crippen LogP contribution is 2.23. The molecule has 0 saturated carbocycles. The van der Waals surface area contributed by atoms with E-state index in [-0.39, 0.29) is 24.9 Å². The van der Waals surface area contributed by atoms with Crippen molar-refractivity contribution >= 4 is 23.3 Å². The van der Waals surface area contributed by atoms with Gasteiger partial charge in [0.2, 0.25) is 0 Å². The number of carbonyl (C=O) groups excluding carboxylic acids is 3. The van der Waals surface area contributed by atoms with Gasteiger partial charge < -0.3 is 19.3 Å². The van der Waals surface area contributed by atoms with Crippen LogP contribution < -0.4 is 9.64 Å². The normalized spacial score (nSPS) is 13.6. The fraction of sp³-hybridized carbons (Fsp3) is 0.375. The van der Waals surface area contributed by atoms with Crippen molar-refractivity contribution in [2.75, 3.05) is 44.3 Å². The van der Waals surface area contributed by atoms with Crippen LogP contribution in [0.3, 0.4) is 0 Å². The topological polar surface area (TPSA) is 76.2 Å². The highest BCUT2D eigenvalue weighted by Gasteiger charge is 2.24. The second-order valence-corrected chi connectivity index (χ2v) is 7.76. The van der Waals surface area contributed by atoms with E-state index in [1.54, 1.807) is 17.0 Å². The molecule has 1 saturated heterocycles. The second-order valence-electron chi connectivity index (χ2n) is 7.76. The van der Waals surface area contributed by atoms with Gasteiger partial charge >= 0.3 is 5.97 Å². The number of nitrogens with zero attached hydrogens (tertiary/aromatic N) is 2. The van der Waals surface area contributed by atoms with Crippen molar-refractivity contribution in [3.05, 3.63) is 58.9 Å². The van der Waals surface area contributed by atoms with Gasteiger partial charge in [0, 0.05) is 31.7 Å². The van der Waals surface area contributed by atoms with Crippen LogP contribution in [0.2, 0.25) is 0 Å². The number of benzene rings is 2. The average Bonchev–Trinajstić information content (AvgIpc) is 2.77. The van der Waals surface area contributed by atoms with Crippen LogP contribution in [0.4, 0.5) is 10.1 Å². The van der Waals surface area contributed by atoms with Crippen LogP contribution >= 0.6 is 0 Å². The maximum atomic E-state index is 14.4. The molecule has 8 heteroatoms. The molecule has 0 unspecified atom stereocenters. The predicted molar refractivity (Wildman–Crippen MR) is 118 cm³/mol. The van der Waals surface area contributed by atoms with Gasteiger partial charge in [0.25, 0.3) is 5.91 Å². The molecule has 0 aliphatic carbocycles. The van der Waals surface area contributed by atoms with E-state index < -0.39 is 11.8 Å². The molecule has 1 aliphatic rings. The lowest BCUT2D eigenvalue weighted by Crippen LogP contribution is -2.50. The van der Waals surface area contributed by atoms with Crippen molar-refractivity contribution in [1.82, 2.24) is 4.90 Å². The zero-order chi connectivity index (χ0) is 23.3. The van der Waals surface area contributed by atoms with Crippen LogP contribution in [-0.4, -0.2) is 62.0 Å². The third kappa shape index (κ3) is 5.63. The van der Waals surface area contributed by atoms with E-state index in [0.717, 1.165) is 11.1 Å². The molecule has 2 aromatic carbocycles. The summed E-state index contributed by atoms with van der Waals surface area (Å²) < 4.78 is 25.0. The average molecular weight is 442 g/mol. The molecule has 1 heterocycles. The number of hydrogen-bond donors (Lipinski definition) is 0. The molecule has 0 spiro atoms. The maximum Gasteiger partial charge on any atom is 0.344 e. The molecule has 7 nitrogen and oxygen atoms in total. The molecular weight excluding hydrogens is 415 g/mol. The lowest BCUT2D eigenvalue weighted by molar-refractivity contribution is -0.153. The van der Waals surface area contributed by atoms with Crippen molar-refractivity contribution in [3.8, 4) is 5.75 Å². The maximum absolute atomic E-state index is 14.4. The Labute approximate surface area is 186 Å². The number of para-hydroxylation sites is 1. The van der Waals surface area contributed by atoms with Gasteiger partial charge in [-0.1, -0.05) is 18.2 Å². The first-order chi connectivity index (χ1) is 15.3. The Balaban J connectivity index is 1.44. The molecule has 1 amide bonds. The standard InChI is InChI=1S/C24H27FN2O5/c1-16-5-4-6-17(2)24(16)32-15-23(30)31-14-22(29)27-11-9-26(10-12-27)21-8-7-19(18(3)28)13-20(21)25/h4-8,13H,9-12,14-15H2,1-3H3. The van der Waals surface area contributed by atoms with Crippen LogP contribution in [0.15, 0.2) is 36.4 Å². The summed E-state index contributed by atoms with van der Waals surface area (Å²) in [4.78, 5) is 39.2. The summed E-state index contributed by atoms with van der Waals surface area (Å²) in [6.07, 6.45) is 0. The second kappa shape index (κ2) is 10.3. The molecule has 170 valence electrons. The van der Waals surface area contributed by atoms with Crippen molar-refractivity contribution < 1.29 is 28.2 Å². The lowest BCUT2D eigenvalue weighted by atomic mass is 10.1. The van der Waals surface area contributed by atoms with Gasteiger partial charge in [-0.2, -0.15) is 0 Å². The third-order valence-corrected chi connectivity index (χ3v) is 5.43. The van der Waals surface area contributed by atoms with Crippen LogP contribution in [0.1, 0.15) is 28.4 Å². The zero-order valence-electron chi connectivity index (χ0n) is 18.5. The zero-order valence-corrected chi connectivity index (χ0v) is 18.5. The number of anilines is 1. The number of amides is 1. The Morgan fingerprint density at radius 2 is 1.62 bits per heavy atom. The summed E-state index contributed by atoms with van der Waals surface area (Å²) in [5.74, 6) is -0.949. The molecule has 0 aromatic heterocycles. The Hall–Kier alpha value is -3.42. The molecule has 1 fully saturated rings. The number of Topliss-reactive ketones (excluding diaryl/α,β-unsaturated/α-hetero) is 1. The SMILES string of the molecule is CC(=O)c1ccc(N2CCN(C(=O)COC(=O)COc3c(C)cccc3C)CC2)c(F)c1. The van der Waals surface area contributed by atoms with Crippen molar-refractivity contribution in [3.63, 3.8) is 0 Å². The van der Waals surface area contributed by atoms with Crippen LogP contribution in [-0.2, 0) is 14.3 Å². The van der Waals surface area contributed by atoms with Crippen LogP contribution in [0.5, 0.6) is 5.75 Å². The number of esters is 1. The molecule has 1 aliphatic heterocycles. The van der Waals surface area contributed by atoms with Gasteiger partial charge in [0.05, 0.1) is 5.69 Å². The molecule has 0 N–H and O–H groups in total. The van der Waals surface area contributed by atoms with Crippen LogP contribution in [0.25, 0.3) is 0 Å². The fourth-order valence-corrected chi connectivity index (χ4v) is 3.61. The van der Waals surface area contributed by atoms with Crippen molar-refractivity contribution in [1.29, 1.82) is 0 Å². The first-order valence-corrected chi connectivity index (χ1v) is 10.4. The van der Waals surface area contributed by atoms with Gasteiger partial charge in [-0.15, -0.1) is 0 Å². The Kier molecular flexibility index (Phi) is 7.45. The Morgan fingerprint density at radius 3 is 2.22 bits per heavy atom. The molecular formula is C24H27FN2O5. The van der Waals surface area contributed by atoms with E-state index in [1.807, 2.05) is 36.9 Å². The molecule has 0 atom stereocenters. The van der Waals surface area contributed by atoms with E-state index in [9.17, 15) is 18.8 Å². The monoisotopic (exact) mass is 442 g/mol.